The Balaban J connectivity index is 4.04. The van der Waals surface area contributed by atoms with Crippen molar-refractivity contribution in [3.05, 3.63) is 12.2 Å². The average molecular weight is 182 g/mol. The van der Waals surface area contributed by atoms with E-state index in [9.17, 15) is 0 Å². The maximum atomic E-state index is 4.03. The fourth-order valence-corrected chi connectivity index (χ4v) is 1.79. The highest BCUT2D eigenvalue weighted by atomic mass is 14.2. The van der Waals surface area contributed by atoms with E-state index < -0.39 is 0 Å². The summed E-state index contributed by atoms with van der Waals surface area (Å²) < 4.78 is 0. The maximum Gasteiger partial charge on any atom is -0.0234 e. The minimum atomic E-state index is 0.693. The second kappa shape index (κ2) is 6.23. The first-order valence-electron chi connectivity index (χ1n) is 5.68. The van der Waals surface area contributed by atoms with E-state index in [1.807, 2.05) is 0 Å². The zero-order valence-corrected chi connectivity index (χ0v) is 10.1. The maximum absolute atomic E-state index is 4.03. The molecule has 13 heavy (non-hydrogen) atoms. The summed E-state index contributed by atoms with van der Waals surface area (Å²) in [5.41, 5.74) is 1.33. The van der Waals surface area contributed by atoms with Crippen LogP contribution < -0.4 is 0 Å². The lowest BCUT2D eigenvalue weighted by molar-refractivity contribution is 0.290. The summed E-state index contributed by atoms with van der Waals surface area (Å²) in [5, 5.41) is 0. The average Bonchev–Trinajstić information content (AvgIpc) is 2.12. The van der Waals surface area contributed by atoms with Crippen LogP contribution in [0, 0.1) is 17.8 Å². The van der Waals surface area contributed by atoms with Gasteiger partial charge in [0.1, 0.15) is 0 Å². The molecule has 0 saturated carbocycles. The Bertz CT molecular complexity index is 146. The molecule has 0 fully saturated rings. The molecule has 0 amide bonds. The normalized spacial score (nSPS) is 17.9. The molecule has 78 valence electrons. The minimum absolute atomic E-state index is 0.693. The zero-order chi connectivity index (χ0) is 10.4. The smallest absolute Gasteiger partial charge is 0.0234 e. The van der Waals surface area contributed by atoms with Crippen LogP contribution in [-0.4, -0.2) is 0 Å². The van der Waals surface area contributed by atoms with Crippen LogP contribution in [-0.2, 0) is 0 Å². The highest BCUT2D eigenvalue weighted by molar-refractivity contribution is 4.94. The van der Waals surface area contributed by atoms with E-state index in [0.717, 1.165) is 11.8 Å². The van der Waals surface area contributed by atoms with Crippen molar-refractivity contribution in [2.24, 2.45) is 17.8 Å². The third-order valence-electron chi connectivity index (χ3n) is 3.47. The molecule has 3 atom stereocenters. The van der Waals surface area contributed by atoms with Crippen LogP contribution in [0.2, 0.25) is 0 Å². The summed E-state index contributed by atoms with van der Waals surface area (Å²) >= 11 is 0. The standard InChI is InChI=1S/C13H26/c1-7-11(5)13(8-2)9-12(6)10(3)4/h11-13H,3,7-9H2,1-2,4-6H3. The van der Waals surface area contributed by atoms with Crippen LogP contribution in [0.5, 0.6) is 0 Å². The van der Waals surface area contributed by atoms with Gasteiger partial charge in [0.05, 0.1) is 0 Å². The molecule has 0 N–H and O–H groups in total. The second-order valence-electron chi connectivity index (χ2n) is 4.54. The van der Waals surface area contributed by atoms with Crippen molar-refractivity contribution in [3.63, 3.8) is 0 Å². The first-order chi connectivity index (χ1) is 6.02. The molecule has 0 aliphatic carbocycles. The SMILES string of the molecule is C=C(C)C(C)CC(CC)C(C)CC. The van der Waals surface area contributed by atoms with E-state index in [4.69, 9.17) is 0 Å². The summed E-state index contributed by atoms with van der Waals surface area (Å²) in [6.45, 7) is 15.4. The largest absolute Gasteiger partial charge is 0.0999 e. The van der Waals surface area contributed by atoms with Crippen LogP contribution in [0.1, 0.15) is 53.9 Å². The Morgan fingerprint density at radius 3 is 2.00 bits per heavy atom. The Morgan fingerprint density at radius 1 is 1.15 bits per heavy atom. The molecule has 0 aliphatic rings. The van der Waals surface area contributed by atoms with E-state index in [0.29, 0.717) is 5.92 Å². The van der Waals surface area contributed by atoms with Crippen molar-refractivity contribution in [1.29, 1.82) is 0 Å². The van der Waals surface area contributed by atoms with Gasteiger partial charge in [-0.1, -0.05) is 52.7 Å². The molecule has 0 nitrogen and oxygen atoms in total. The molecule has 0 heteroatoms. The molecule has 0 aromatic rings. The minimum Gasteiger partial charge on any atom is -0.0999 e. The quantitative estimate of drug-likeness (QED) is 0.524. The van der Waals surface area contributed by atoms with Gasteiger partial charge in [-0.25, -0.2) is 0 Å². The zero-order valence-electron chi connectivity index (χ0n) is 10.1. The van der Waals surface area contributed by atoms with E-state index in [-0.39, 0.29) is 0 Å². The van der Waals surface area contributed by atoms with E-state index in [1.165, 1.54) is 24.8 Å². The van der Waals surface area contributed by atoms with Crippen LogP contribution in [0.15, 0.2) is 12.2 Å². The highest BCUT2D eigenvalue weighted by Crippen LogP contribution is 2.28. The third kappa shape index (κ3) is 4.50. The monoisotopic (exact) mass is 182 g/mol. The van der Waals surface area contributed by atoms with Gasteiger partial charge in [0.15, 0.2) is 0 Å². The van der Waals surface area contributed by atoms with Gasteiger partial charge in [-0.3, -0.25) is 0 Å². The van der Waals surface area contributed by atoms with Crippen molar-refractivity contribution in [1.82, 2.24) is 0 Å². The fraction of sp³-hybridized carbons (Fsp3) is 0.846. The molecule has 0 aromatic carbocycles. The predicted molar refractivity (Wildman–Crippen MR) is 61.8 cm³/mol. The van der Waals surface area contributed by atoms with Gasteiger partial charge in [-0.2, -0.15) is 0 Å². The van der Waals surface area contributed by atoms with Gasteiger partial charge in [-0.15, -0.1) is 0 Å². The molecule has 0 bridgehead atoms. The number of allylic oxidation sites excluding steroid dienone is 1. The Morgan fingerprint density at radius 2 is 1.69 bits per heavy atom. The lowest BCUT2D eigenvalue weighted by Gasteiger charge is -2.25. The van der Waals surface area contributed by atoms with Gasteiger partial charge >= 0.3 is 0 Å². The Hall–Kier alpha value is -0.260. The topological polar surface area (TPSA) is 0 Å². The highest BCUT2D eigenvalue weighted by Gasteiger charge is 2.16. The van der Waals surface area contributed by atoms with E-state index in [2.05, 4.69) is 41.2 Å². The van der Waals surface area contributed by atoms with Crippen LogP contribution in [0.4, 0.5) is 0 Å². The van der Waals surface area contributed by atoms with Crippen molar-refractivity contribution in [2.75, 3.05) is 0 Å². The lowest BCUT2D eigenvalue weighted by atomic mass is 9.81. The molecule has 0 saturated heterocycles. The van der Waals surface area contributed by atoms with Gasteiger partial charge in [0, 0.05) is 0 Å². The molecule has 0 aliphatic heterocycles. The van der Waals surface area contributed by atoms with Crippen molar-refractivity contribution >= 4 is 0 Å². The summed E-state index contributed by atoms with van der Waals surface area (Å²) in [6.07, 6.45) is 3.94. The van der Waals surface area contributed by atoms with E-state index in [1.54, 1.807) is 0 Å². The van der Waals surface area contributed by atoms with Gasteiger partial charge < -0.3 is 0 Å². The van der Waals surface area contributed by atoms with Crippen LogP contribution in [0.3, 0.4) is 0 Å². The lowest BCUT2D eigenvalue weighted by Crippen LogP contribution is -2.14. The first kappa shape index (κ1) is 12.7. The van der Waals surface area contributed by atoms with Gasteiger partial charge in [0.2, 0.25) is 0 Å². The molecule has 3 unspecified atom stereocenters. The molecule has 0 spiro atoms. The fourth-order valence-electron chi connectivity index (χ4n) is 1.79. The van der Waals surface area contributed by atoms with Crippen LogP contribution in [0.25, 0.3) is 0 Å². The molecular formula is C13H26. The summed E-state index contributed by atoms with van der Waals surface area (Å²) in [6, 6.07) is 0. The number of hydrogen-bond donors (Lipinski definition) is 0. The molecular weight excluding hydrogens is 156 g/mol. The molecule has 0 aromatic heterocycles. The third-order valence-corrected chi connectivity index (χ3v) is 3.47. The number of rotatable bonds is 6. The van der Waals surface area contributed by atoms with Crippen LogP contribution >= 0.6 is 0 Å². The second-order valence-corrected chi connectivity index (χ2v) is 4.54. The Labute approximate surface area is 84.4 Å². The van der Waals surface area contributed by atoms with Gasteiger partial charge in [0.25, 0.3) is 0 Å². The molecule has 0 radical (unpaired) electrons. The molecule has 0 heterocycles. The predicted octanol–water partition coefficient (Wildman–Crippen LogP) is 4.66. The molecule has 0 rings (SSSR count). The van der Waals surface area contributed by atoms with Crippen molar-refractivity contribution in [3.8, 4) is 0 Å². The summed E-state index contributed by atoms with van der Waals surface area (Å²) in [5.74, 6) is 2.45. The van der Waals surface area contributed by atoms with Gasteiger partial charge in [-0.05, 0) is 31.1 Å². The van der Waals surface area contributed by atoms with E-state index >= 15 is 0 Å². The van der Waals surface area contributed by atoms with Crippen molar-refractivity contribution < 1.29 is 0 Å². The first-order valence-corrected chi connectivity index (χ1v) is 5.68. The summed E-state index contributed by atoms with van der Waals surface area (Å²) in [7, 11) is 0. The Kier molecular flexibility index (Phi) is 6.11. The summed E-state index contributed by atoms with van der Waals surface area (Å²) in [4.78, 5) is 0. The van der Waals surface area contributed by atoms with Crippen molar-refractivity contribution in [2.45, 2.75) is 53.9 Å². The number of hydrogen-bond acceptors (Lipinski definition) is 0.